The fraction of sp³-hybridized carbons (Fsp3) is 0.333. The molecule has 2 aromatic heterocycles. The van der Waals surface area contributed by atoms with Gasteiger partial charge in [-0.2, -0.15) is 4.80 Å². The second-order valence-electron chi connectivity index (χ2n) is 6.17. The van der Waals surface area contributed by atoms with Gasteiger partial charge in [-0.3, -0.25) is 4.79 Å². The molecule has 1 aliphatic rings. The van der Waals surface area contributed by atoms with E-state index < -0.39 is 0 Å². The molecule has 1 saturated heterocycles. The van der Waals surface area contributed by atoms with Crippen LogP contribution in [0, 0.1) is 0 Å². The van der Waals surface area contributed by atoms with Gasteiger partial charge in [0.05, 0.1) is 24.6 Å². The minimum absolute atomic E-state index is 0.0359. The van der Waals surface area contributed by atoms with Gasteiger partial charge in [0.2, 0.25) is 5.82 Å². The monoisotopic (exact) mass is 369 g/mol. The summed E-state index contributed by atoms with van der Waals surface area (Å²) in [5.74, 6) is 1.41. The Labute approximate surface area is 155 Å². The lowest BCUT2D eigenvalue weighted by Gasteiger charge is -2.24. The average molecular weight is 369 g/mol. The second kappa shape index (κ2) is 7.25. The standard InChI is InChI=1S/C18H19N5O2S/c1-25-15-8-6-13(7-9-15)18(24)22-10-2-4-14(22)12-23-20-17(19-21-23)16-5-3-11-26-16/h3,5-9,11,14H,2,4,10,12H2,1H3/t14-/m0/s1. The van der Waals surface area contributed by atoms with Gasteiger partial charge < -0.3 is 9.64 Å². The molecule has 0 aliphatic carbocycles. The Morgan fingerprint density at radius 1 is 1.31 bits per heavy atom. The van der Waals surface area contributed by atoms with Crippen LogP contribution in [0.25, 0.3) is 10.7 Å². The highest BCUT2D eigenvalue weighted by atomic mass is 32.1. The Kier molecular flexibility index (Phi) is 4.66. The zero-order valence-corrected chi connectivity index (χ0v) is 15.2. The molecule has 1 aliphatic heterocycles. The molecule has 1 fully saturated rings. The predicted molar refractivity (Wildman–Crippen MR) is 98.2 cm³/mol. The van der Waals surface area contributed by atoms with E-state index in [2.05, 4.69) is 15.4 Å². The first-order valence-electron chi connectivity index (χ1n) is 8.51. The van der Waals surface area contributed by atoms with Gasteiger partial charge in [-0.05, 0) is 53.8 Å². The number of benzene rings is 1. The molecule has 0 N–H and O–H groups in total. The van der Waals surface area contributed by atoms with Crippen molar-refractivity contribution in [1.82, 2.24) is 25.1 Å². The Morgan fingerprint density at radius 2 is 2.15 bits per heavy atom. The first-order chi connectivity index (χ1) is 12.7. The summed E-state index contributed by atoms with van der Waals surface area (Å²) in [4.78, 5) is 17.4. The number of nitrogens with zero attached hydrogens (tertiary/aromatic N) is 5. The third-order valence-corrected chi connectivity index (χ3v) is 5.41. The van der Waals surface area contributed by atoms with Gasteiger partial charge in [0.15, 0.2) is 0 Å². The molecule has 1 amide bonds. The van der Waals surface area contributed by atoms with Crippen LogP contribution in [0.2, 0.25) is 0 Å². The molecule has 134 valence electrons. The van der Waals surface area contributed by atoms with Crippen molar-refractivity contribution in [3.05, 3.63) is 47.3 Å². The summed E-state index contributed by atoms with van der Waals surface area (Å²) in [5, 5.41) is 14.7. The van der Waals surface area contributed by atoms with Crippen molar-refractivity contribution >= 4 is 17.2 Å². The van der Waals surface area contributed by atoms with Crippen LogP contribution in [0.3, 0.4) is 0 Å². The van der Waals surface area contributed by atoms with Crippen molar-refractivity contribution < 1.29 is 9.53 Å². The summed E-state index contributed by atoms with van der Waals surface area (Å²) >= 11 is 1.58. The predicted octanol–water partition coefficient (Wildman–Crippen LogP) is 2.72. The largest absolute Gasteiger partial charge is 0.497 e. The van der Waals surface area contributed by atoms with E-state index in [4.69, 9.17) is 4.74 Å². The quantitative estimate of drug-likeness (QED) is 0.691. The average Bonchev–Trinajstić information content (AvgIpc) is 3.43. The number of ether oxygens (including phenoxy) is 1. The van der Waals surface area contributed by atoms with Crippen molar-refractivity contribution in [2.75, 3.05) is 13.7 Å². The van der Waals surface area contributed by atoms with Crippen LogP contribution in [0.15, 0.2) is 41.8 Å². The highest BCUT2D eigenvalue weighted by Gasteiger charge is 2.30. The molecule has 0 radical (unpaired) electrons. The lowest BCUT2D eigenvalue weighted by atomic mass is 10.1. The summed E-state index contributed by atoms with van der Waals surface area (Å²) in [5.41, 5.74) is 0.670. The number of hydrogen-bond donors (Lipinski definition) is 0. The topological polar surface area (TPSA) is 73.1 Å². The maximum Gasteiger partial charge on any atom is 0.254 e. The lowest BCUT2D eigenvalue weighted by Crippen LogP contribution is -2.38. The number of hydrogen-bond acceptors (Lipinski definition) is 6. The van der Waals surface area contributed by atoms with Gasteiger partial charge in [0.1, 0.15) is 5.75 Å². The van der Waals surface area contributed by atoms with Gasteiger partial charge >= 0.3 is 0 Å². The Morgan fingerprint density at radius 3 is 2.88 bits per heavy atom. The molecule has 0 spiro atoms. The summed E-state index contributed by atoms with van der Waals surface area (Å²) in [6.07, 6.45) is 1.93. The van der Waals surface area contributed by atoms with Gasteiger partial charge in [-0.15, -0.1) is 21.5 Å². The van der Waals surface area contributed by atoms with E-state index in [0.29, 0.717) is 17.9 Å². The molecule has 7 nitrogen and oxygen atoms in total. The van der Waals surface area contributed by atoms with Crippen LogP contribution < -0.4 is 4.74 Å². The number of carbonyl (C=O) groups excluding carboxylic acids is 1. The van der Waals surface area contributed by atoms with Gasteiger partial charge in [-0.25, -0.2) is 0 Å². The van der Waals surface area contributed by atoms with Gasteiger partial charge in [-0.1, -0.05) is 6.07 Å². The van der Waals surface area contributed by atoms with Crippen LogP contribution in [0.4, 0.5) is 0 Å². The summed E-state index contributed by atoms with van der Waals surface area (Å²) in [6.45, 7) is 1.31. The number of thiophene rings is 1. The fourth-order valence-corrected chi connectivity index (χ4v) is 3.85. The molecule has 0 unspecified atom stereocenters. The van der Waals surface area contributed by atoms with Crippen LogP contribution in [0.1, 0.15) is 23.2 Å². The number of amides is 1. The zero-order valence-electron chi connectivity index (χ0n) is 14.4. The highest BCUT2D eigenvalue weighted by molar-refractivity contribution is 7.13. The minimum Gasteiger partial charge on any atom is -0.497 e. The van der Waals surface area contributed by atoms with E-state index in [1.165, 1.54) is 0 Å². The third-order valence-electron chi connectivity index (χ3n) is 4.54. The second-order valence-corrected chi connectivity index (χ2v) is 7.12. The van der Waals surface area contributed by atoms with Crippen LogP contribution in [0.5, 0.6) is 5.75 Å². The number of tetrazole rings is 1. The smallest absolute Gasteiger partial charge is 0.254 e. The Balaban J connectivity index is 1.47. The molecule has 26 heavy (non-hydrogen) atoms. The van der Waals surface area contributed by atoms with E-state index in [1.54, 1.807) is 35.4 Å². The SMILES string of the molecule is COc1ccc(C(=O)N2CCC[C@H]2Cn2nnc(-c3cccs3)n2)cc1. The van der Waals surface area contributed by atoms with E-state index >= 15 is 0 Å². The van der Waals surface area contributed by atoms with E-state index in [-0.39, 0.29) is 11.9 Å². The molecular formula is C18H19N5O2S. The molecular weight excluding hydrogens is 350 g/mol. The molecule has 8 heteroatoms. The van der Waals surface area contributed by atoms with Gasteiger partial charge in [0.25, 0.3) is 5.91 Å². The Hall–Kier alpha value is -2.74. The summed E-state index contributed by atoms with van der Waals surface area (Å²) < 4.78 is 5.16. The summed E-state index contributed by atoms with van der Waals surface area (Å²) in [7, 11) is 1.61. The van der Waals surface area contributed by atoms with Crippen molar-refractivity contribution in [2.24, 2.45) is 0 Å². The summed E-state index contributed by atoms with van der Waals surface area (Å²) in [6, 6.07) is 11.2. The van der Waals surface area contributed by atoms with Crippen LogP contribution >= 0.6 is 11.3 Å². The molecule has 0 saturated carbocycles. The minimum atomic E-state index is 0.0359. The van der Waals surface area contributed by atoms with Crippen molar-refractivity contribution in [1.29, 1.82) is 0 Å². The fourth-order valence-electron chi connectivity index (χ4n) is 3.21. The zero-order chi connectivity index (χ0) is 17.9. The number of likely N-dealkylation sites (tertiary alicyclic amines) is 1. The van der Waals surface area contributed by atoms with E-state index in [9.17, 15) is 4.79 Å². The molecule has 3 aromatic rings. The van der Waals surface area contributed by atoms with Crippen molar-refractivity contribution in [3.63, 3.8) is 0 Å². The normalized spacial score (nSPS) is 16.8. The molecule has 1 aromatic carbocycles. The van der Waals surface area contributed by atoms with Gasteiger partial charge in [0, 0.05) is 12.1 Å². The molecule has 4 rings (SSSR count). The maximum atomic E-state index is 12.9. The number of rotatable bonds is 5. The molecule has 1 atom stereocenters. The van der Waals surface area contributed by atoms with Crippen molar-refractivity contribution in [3.8, 4) is 16.5 Å². The van der Waals surface area contributed by atoms with Crippen LogP contribution in [-0.4, -0.2) is 50.7 Å². The first kappa shape index (κ1) is 16.7. The molecule has 0 bridgehead atoms. The first-order valence-corrected chi connectivity index (χ1v) is 9.39. The number of methoxy groups -OCH3 is 1. The maximum absolute atomic E-state index is 12.9. The number of aromatic nitrogens is 4. The Bertz CT molecular complexity index is 875. The van der Waals surface area contributed by atoms with E-state index in [1.807, 2.05) is 34.5 Å². The highest BCUT2D eigenvalue weighted by Crippen LogP contribution is 2.23. The lowest BCUT2D eigenvalue weighted by molar-refractivity contribution is 0.0718. The van der Waals surface area contributed by atoms with E-state index in [0.717, 1.165) is 30.0 Å². The van der Waals surface area contributed by atoms with Crippen molar-refractivity contribution in [2.45, 2.75) is 25.4 Å². The van der Waals surface area contributed by atoms with Crippen LogP contribution in [-0.2, 0) is 6.54 Å². The number of carbonyl (C=O) groups is 1. The molecule has 3 heterocycles. The third kappa shape index (κ3) is 3.32.